The zero-order chi connectivity index (χ0) is 26.8. The van der Waals surface area contributed by atoms with Crippen LogP contribution in [-0.2, 0) is 7.05 Å². The molecule has 0 atom stereocenters. The largest absolute Gasteiger partial charge is 0.452 e. The van der Waals surface area contributed by atoms with Crippen LogP contribution in [-0.4, -0.2) is 30.7 Å². The molecule has 0 radical (unpaired) electrons. The normalized spacial score (nSPS) is 13.9. The van der Waals surface area contributed by atoms with E-state index in [9.17, 15) is 9.18 Å². The summed E-state index contributed by atoms with van der Waals surface area (Å²) in [5.74, 6) is 0.860. The van der Waals surface area contributed by atoms with E-state index in [2.05, 4.69) is 15.0 Å². The van der Waals surface area contributed by atoms with Crippen molar-refractivity contribution in [3.8, 4) is 22.6 Å². The van der Waals surface area contributed by atoms with Crippen LogP contribution in [0.1, 0.15) is 37.9 Å². The Bertz CT molecular complexity index is 1670. The number of aromatic nitrogens is 4. The first-order valence-corrected chi connectivity index (χ1v) is 12.9. The number of aliphatic hydroxyl groups is 1. The number of halogens is 2. The van der Waals surface area contributed by atoms with Gasteiger partial charge < -0.3 is 19.4 Å². The molecule has 1 aliphatic rings. The average molecular weight is 535 g/mol. The molecule has 7 nitrogen and oxygen atoms in total. The van der Waals surface area contributed by atoms with Crippen molar-refractivity contribution in [1.29, 1.82) is 0 Å². The SMILES string of the molecule is Cc1nc2c(cnc3cc(F)c(-c4ccc(Oc5cccn(C)c5=O)cc4Cl)cc32)[nH]1.OC1CCCCC1. The smallest absolute Gasteiger partial charge is 0.293 e. The van der Waals surface area contributed by atoms with Crippen molar-refractivity contribution in [2.45, 2.75) is 45.1 Å². The molecular formula is C29H28ClFN4O3. The van der Waals surface area contributed by atoms with Gasteiger partial charge in [-0.3, -0.25) is 9.78 Å². The molecule has 9 heteroatoms. The lowest BCUT2D eigenvalue weighted by Gasteiger charge is -2.14. The highest BCUT2D eigenvalue weighted by Crippen LogP contribution is 2.36. The van der Waals surface area contributed by atoms with Crippen molar-refractivity contribution < 1.29 is 14.2 Å². The number of fused-ring (bicyclic) bond motifs is 3. The number of aryl methyl sites for hydroxylation is 2. The highest BCUT2D eigenvalue weighted by Gasteiger charge is 2.15. The maximum absolute atomic E-state index is 14.9. The minimum absolute atomic E-state index is 0.0359. The number of nitrogens with one attached hydrogen (secondary N) is 1. The number of aliphatic hydroxyl groups excluding tert-OH is 1. The van der Waals surface area contributed by atoms with E-state index in [0.717, 1.165) is 35.1 Å². The first-order valence-electron chi connectivity index (χ1n) is 12.6. The van der Waals surface area contributed by atoms with Crippen molar-refractivity contribution in [3.63, 3.8) is 0 Å². The highest BCUT2D eigenvalue weighted by molar-refractivity contribution is 6.33. The molecule has 2 aromatic carbocycles. The number of rotatable bonds is 3. The number of nitrogens with zero attached hydrogens (tertiary/aromatic N) is 3. The van der Waals surface area contributed by atoms with E-state index < -0.39 is 5.82 Å². The molecule has 38 heavy (non-hydrogen) atoms. The van der Waals surface area contributed by atoms with Crippen LogP contribution in [0.5, 0.6) is 11.5 Å². The number of H-pyrrole nitrogens is 1. The second-order valence-corrected chi connectivity index (χ2v) is 9.92. The Morgan fingerprint density at radius 1 is 1.13 bits per heavy atom. The second kappa shape index (κ2) is 10.9. The van der Waals surface area contributed by atoms with Gasteiger partial charge in [0, 0.05) is 41.9 Å². The summed E-state index contributed by atoms with van der Waals surface area (Å²) in [6.45, 7) is 1.85. The number of imidazole rings is 1. The molecule has 0 saturated heterocycles. The number of hydrogen-bond donors (Lipinski definition) is 2. The predicted molar refractivity (Wildman–Crippen MR) is 147 cm³/mol. The summed E-state index contributed by atoms with van der Waals surface area (Å²) in [5, 5.41) is 9.93. The molecule has 0 aliphatic heterocycles. The molecule has 1 fully saturated rings. The Morgan fingerprint density at radius 3 is 2.63 bits per heavy atom. The van der Waals surface area contributed by atoms with Crippen LogP contribution < -0.4 is 10.3 Å². The van der Waals surface area contributed by atoms with E-state index in [1.165, 1.54) is 29.9 Å². The summed E-state index contributed by atoms with van der Waals surface area (Å²) in [4.78, 5) is 24.1. The molecule has 2 N–H and O–H groups in total. The van der Waals surface area contributed by atoms with E-state index in [1.54, 1.807) is 55.8 Å². The standard InChI is InChI=1S/C23H16ClFN4O2.C6H12O/c1-12-27-20-11-26-19-10-18(25)15(9-16(19)22(20)28-12)14-6-5-13(8-17(14)24)31-21-4-3-7-29(2)23(21)30;7-6-4-2-1-3-5-6/h3-11H,1-2H3,(H,27,28);6-7H,1-5H2. The molecular weight excluding hydrogens is 507 g/mol. The molecule has 0 unspecified atom stereocenters. The summed E-state index contributed by atoms with van der Waals surface area (Å²) < 4.78 is 22.0. The quantitative estimate of drug-likeness (QED) is 0.269. The maximum Gasteiger partial charge on any atom is 0.293 e. The van der Waals surface area contributed by atoms with Crippen LogP contribution in [0.15, 0.2) is 59.7 Å². The molecule has 0 bridgehead atoms. The fourth-order valence-electron chi connectivity index (χ4n) is 4.64. The zero-order valence-corrected chi connectivity index (χ0v) is 21.9. The van der Waals surface area contributed by atoms with Gasteiger partial charge in [-0.05, 0) is 50.1 Å². The molecule has 1 aliphatic carbocycles. The fraction of sp³-hybridized carbons (Fsp3) is 0.276. The Hall–Kier alpha value is -3.75. The number of ether oxygens (including phenoxy) is 1. The molecule has 0 spiro atoms. The van der Waals surface area contributed by atoms with Crippen LogP contribution in [0.25, 0.3) is 33.1 Å². The van der Waals surface area contributed by atoms with Crippen molar-refractivity contribution in [2.24, 2.45) is 7.05 Å². The Morgan fingerprint density at radius 2 is 1.92 bits per heavy atom. The zero-order valence-electron chi connectivity index (χ0n) is 21.2. The van der Waals surface area contributed by atoms with Gasteiger partial charge in [0.1, 0.15) is 17.4 Å². The van der Waals surface area contributed by atoms with Crippen LogP contribution in [0.4, 0.5) is 4.39 Å². The number of benzene rings is 2. The lowest BCUT2D eigenvalue weighted by molar-refractivity contribution is 0.130. The van der Waals surface area contributed by atoms with Gasteiger partial charge in [-0.1, -0.05) is 30.9 Å². The Balaban J connectivity index is 0.000000366. The van der Waals surface area contributed by atoms with Gasteiger partial charge in [-0.15, -0.1) is 0 Å². The highest BCUT2D eigenvalue weighted by atomic mass is 35.5. The average Bonchev–Trinajstić information content (AvgIpc) is 3.28. The summed E-state index contributed by atoms with van der Waals surface area (Å²) >= 11 is 6.48. The van der Waals surface area contributed by atoms with Gasteiger partial charge in [0.25, 0.3) is 5.56 Å². The van der Waals surface area contributed by atoms with Gasteiger partial charge in [-0.2, -0.15) is 0 Å². The predicted octanol–water partition coefficient (Wildman–Crippen LogP) is 6.68. The second-order valence-electron chi connectivity index (χ2n) is 9.52. The van der Waals surface area contributed by atoms with Crippen LogP contribution in [0, 0.1) is 12.7 Å². The van der Waals surface area contributed by atoms with Gasteiger partial charge >= 0.3 is 0 Å². The van der Waals surface area contributed by atoms with Gasteiger partial charge in [-0.25, -0.2) is 9.37 Å². The lowest BCUT2D eigenvalue weighted by atomic mass is 9.98. The summed E-state index contributed by atoms with van der Waals surface area (Å²) in [5.41, 5.74) is 2.57. The molecule has 6 rings (SSSR count). The number of hydrogen-bond acceptors (Lipinski definition) is 5. The third kappa shape index (κ3) is 5.42. The van der Waals surface area contributed by atoms with E-state index in [1.807, 2.05) is 6.92 Å². The van der Waals surface area contributed by atoms with E-state index >= 15 is 0 Å². The third-order valence-corrected chi connectivity index (χ3v) is 6.96. The Kier molecular flexibility index (Phi) is 7.44. The summed E-state index contributed by atoms with van der Waals surface area (Å²) in [7, 11) is 1.64. The molecule has 1 saturated carbocycles. The number of aromatic amines is 1. The van der Waals surface area contributed by atoms with Crippen LogP contribution in [0.3, 0.4) is 0 Å². The summed E-state index contributed by atoms with van der Waals surface area (Å²) in [6.07, 6.45) is 9.21. The maximum atomic E-state index is 14.9. The minimum atomic E-state index is -0.445. The lowest BCUT2D eigenvalue weighted by Crippen LogP contribution is -2.16. The monoisotopic (exact) mass is 534 g/mol. The first kappa shape index (κ1) is 25.9. The van der Waals surface area contributed by atoms with Crippen molar-refractivity contribution >= 4 is 33.5 Å². The van der Waals surface area contributed by atoms with Crippen LogP contribution >= 0.6 is 11.6 Å². The van der Waals surface area contributed by atoms with Gasteiger partial charge in [0.15, 0.2) is 5.75 Å². The molecule has 0 amide bonds. The first-order chi connectivity index (χ1) is 18.3. The summed E-state index contributed by atoms with van der Waals surface area (Å²) in [6, 6.07) is 11.2. The van der Waals surface area contributed by atoms with Crippen LogP contribution in [0.2, 0.25) is 5.02 Å². The fourth-order valence-corrected chi connectivity index (χ4v) is 4.92. The number of pyridine rings is 2. The van der Waals surface area contributed by atoms with Crippen molar-refractivity contribution in [1.82, 2.24) is 19.5 Å². The Labute approximate surface area is 223 Å². The van der Waals surface area contributed by atoms with Crippen molar-refractivity contribution in [2.75, 3.05) is 0 Å². The van der Waals surface area contributed by atoms with E-state index in [0.29, 0.717) is 27.4 Å². The molecule has 5 aromatic rings. The van der Waals surface area contributed by atoms with Gasteiger partial charge in [0.05, 0.1) is 33.9 Å². The van der Waals surface area contributed by atoms with Crippen molar-refractivity contribution in [3.05, 3.63) is 81.9 Å². The van der Waals surface area contributed by atoms with Gasteiger partial charge in [0.2, 0.25) is 0 Å². The van der Waals surface area contributed by atoms with E-state index in [4.69, 9.17) is 21.4 Å². The molecule has 3 aromatic heterocycles. The molecule has 196 valence electrons. The topological polar surface area (TPSA) is 93.0 Å². The van der Waals surface area contributed by atoms with E-state index in [-0.39, 0.29) is 17.4 Å². The third-order valence-electron chi connectivity index (χ3n) is 6.65. The minimum Gasteiger partial charge on any atom is -0.452 e. The molecule has 3 heterocycles.